The van der Waals surface area contributed by atoms with E-state index in [0.29, 0.717) is 16.9 Å². The lowest BCUT2D eigenvalue weighted by Crippen LogP contribution is -2.60. The van der Waals surface area contributed by atoms with Gasteiger partial charge >= 0.3 is 0 Å². The third-order valence-electron chi connectivity index (χ3n) is 5.53. The molecular weight excluding hydrogens is 436 g/mol. The van der Waals surface area contributed by atoms with E-state index in [-0.39, 0.29) is 27.9 Å². The zero-order valence-electron chi connectivity index (χ0n) is 17.9. The van der Waals surface area contributed by atoms with Gasteiger partial charge in [-0.1, -0.05) is 12.1 Å². The Labute approximate surface area is 188 Å². The average molecular weight is 460 g/mol. The van der Waals surface area contributed by atoms with Gasteiger partial charge in [-0.3, -0.25) is 4.79 Å². The summed E-state index contributed by atoms with van der Waals surface area (Å²) in [5.74, 6) is 0.925. The van der Waals surface area contributed by atoms with E-state index in [0.717, 1.165) is 0 Å². The van der Waals surface area contributed by atoms with Gasteiger partial charge in [0.15, 0.2) is 11.3 Å². The van der Waals surface area contributed by atoms with E-state index < -0.39 is 37.3 Å². The molecule has 0 bridgehead atoms. The summed E-state index contributed by atoms with van der Waals surface area (Å²) in [6.07, 6.45) is -5.94. The Morgan fingerprint density at radius 3 is 2.30 bits per heavy atom. The maximum Gasteiger partial charge on any atom is 0.229 e. The summed E-state index contributed by atoms with van der Waals surface area (Å²) in [6.45, 7) is -0.597. The molecule has 1 aliphatic rings. The minimum absolute atomic E-state index is 0.0860. The highest BCUT2D eigenvalue weighted by molar-refractivity contribution is 5.87. The minimum atomic E-state index is -1.61. The fourth-order valence-corrected chi connectivity index (χ4v) is 3.67. The molecule has 0 saturated carbocycles. The molecule has 33 heavy (non-hydrogen) atoms. The summed E-state index contributed by atoms with van der Waals surface area (Å²) in [5, 5.41) is 39.7. The average Bonchev–Trinajstić information content (AvgIpc) is 2.84. The first-order valence-corrected chi connectivity index (χ1v) is 10.1. The van der Waals surface area contributed by atoms with Crippen molar-refractivity contribution < 1.29 is 43.8 Å². The highest BCUT2D eigenvalue weighted by atomic mass is 16.7. The van der Waals surface area contributed by atoms with Crippen LogP contribution in [0.5, 0.6) is 17.2 Å². The second-order valence-corrected chi connectivity index (χ2v) is 7.52. The molecule has 0 spiro atoms. The Kier molecular flexibility index (Phi) is 6.54. The van der Waals surface area contributed by atoms with Crippen LogP contribution < -0.4 is 19.6 Å². The van der Waals surface area contributed by atoms with E-state index in [1.165, 1.54) is 25.5 Å². The summed E-state index contributed by atoms with van der Waals surface area (Å²) >= 11 is 0. The number of ether oxygens (including phenoxy) is 4. The molecule has 176 valence electrons. The third kappa shape index (κ3) is 4.26. The van der Waals surface area contributed by atoms with Crippen molar-refractivity contribution in [3.63, 3.8) is 0 Å². The van der Waals surface area contributed by atoms with Crippen molar-refractivity contribution in [2.24, 2.45) is 0 Å². The Morgan fingerprint density at radius 1 is 0.939 bits per heavy atom. The van der Waals surface area contributed by atoms with Crippen LogP contribution >= 0.6 is 0 Å². The molecule has 4 rings (SSSR count). The Morgan fingerprint density at radius 2 is 1.67 bits per heavy atom. The highest BCUT2D eigenvalue weighted by Crippen LogP contribution is 2.33. The first-order valence-electron chi connectivity index (χ1n) is 10.1. The van der Waals surface area contributed by atoms with Crippen molar-refractivity contribution in [2.75, 3.05) is 20.8 Å². The summed E-state index contributed by atoms with van der Waals surface area (Å²) in [7, 11) is 2.94. The third-order valence-corrected chi connectivity index (χ3v) is 5.53. The maximum atomic E-state index is 13.3. The summed E-state index contributed by atoms with van der Waals surface area (Å²) in [6, 6.07) is 9.72. The SMILES string of the molecule is COc1ccc(-c2coc3c(OC)cc(O[C@@H]4O[C@H](CO)[C@@H](O)[C@H](O)[C@H]4O)cc3c2=O)cc1. The summed E-state index contributed by atoms with van der Waals surface area (Å²) in [5.41, 5.74) is 0.766. The number of aliphatic hydroxyl groups is 4. The predicted molar refractivity (Wildman–Crippen MR) is 115 cm³/mol. The number of aliphatic hydroxyl groups excluding tert-OH is 4. The quantitative estimate of drug-likeness (QED) is 0.413. The highest BCUT2D eigenvalue weighted by Gasteiger charge is 2.44. The lowest BCUT2D eigenvalue weighted by atomic mass is 9.99. The van der Waals surface area contributed by atoms with Crippen LogP contribution in [-0.4, -0.2) is 72.0 Å². The van der Waals surface area contributed by atoms with Crippen molar-refractivity contribution in [2.45, 2.75) is 30.7 Å². The number of fused-ring (bicyclic) bond motifs is 1. The van der Waals surface area contributed by atoms with Gasteiger partial charge in [-0.25, -0.2) is 0 Å². The van der Waals surface area contributed by atoms with Crippen LogP contribution in [0.25, 0.3) is 22.1 Å². The number of rotatable bonds is 6. The monoisotopic (exact) mass is 460 g/mol. The molecule has 1 aromatic heterocycles. The van der Waals surface area contributed by atoms with Crippen molar-refractivity contribution in [1.82, 2.24) is 0 Å². The van der Waals surface area contributed by atoms with E-state index in [1.807, 2.05) is 0 Å². The molecule has 1 fully saturated rings. The molecule has 5 atom stereocenters. The molecule has 1 aliphatic heterocycles. The van der Waals surface area contributed by atoms with Crippen LogP contribution in [0.2, 0.25) is 0 Å². The Hall–Kier alpha value is -3.15. The standard InChI is InChI=1S/C23H24O10/c1-29-12-5-3-11(4-6-12)15-10-31-22-14(18(15)25)7-13(8-16(22)30-2)32-23-21(28)20(27)19(26)17(9-24)33-23/h3-8,10,17,19-21,23-24,26-28H,9H2,1-2H3/t17-,19-,20+,21-,23-/m1/s1. The normalized spacial score (nSPS) is 25.1. The van der Waals surface area contributed by atoms with Crippen LogP contribution in [0.1, 0.15) is 0 Å². The molecule has 0 unspecified atom stereocenters. The molecule has 2 heterocycles. The zero-order valence-corrected chi connectivity index (χ0v) is 17.9. The van der Waals surface area contributed by atoms with Gasteiger partial charge in [-0.15, -0.1) is 0 Å². The number of hydrogen-bond donors (Lipinski definition) is 4. The van der Waals surface area contributed by atoms with Crippen molar-refractivity contribution in [1.29, 1.82) is 0 Å². The fraction of sp³-hybridized carbons (Fsp3) is 0.348. The van der Waals surface area contributed by atoms with Crippen LogP contribution in [0.15, 0.2) is 51.9 Å². The van der Waals surface area contributed by atoms with Crippen LogP contribution in [0.3, 0.4) is 0 Å². The first-order chi connectivity index (χ1) is 15.9. The molecule has 4 N–H and O–H groups in total. The van der Waals surface area contributed by atoms with Gasteiger partial charge in [0.2, 0.25) is 11.7 Å². The van der Waals surface area contributed by atoms with Gasteiger partial charge in [0.05, 0.1) is 31.8 Å². The van der Waals surface area contributed by atoms with E-state index in [1.54, 1.807) is 31.4 Å². The van der Waals surface area contributed by atoms with E-state index in [2.05, 4.69) is 0 Å². The molecular formula is C23H24O10. The minimum Gasteiger partial charge on any atom is -0.497 e. The van der Waals surface area contributed by atoms with Gasteiger partial charge in [-0.2, -0.15) is 0 Å². The number of methoxy groups -OCH3 is 2. The Bertz CT molecular complexity index is 1170. The van der Waals surface area contributed by atoms with Gasteiger partial charge < -0.3 is 43.8 Å². The number of benzene rings is 2. The van der Waals surface area contributed by atoms with Crippen molar-refractivity contribution >= 4 is 11.0 Å². The molecule has 10 nitrogen and oxygen atoms in total. The molecule has 10 heteroatoms. The first kappa shape index (κ1) is 23.0. The summed E-state index contributed by atoms with van der Waals surface area (Å²) < 4.78 is 27.2. The maximum absolute atomic E-state index is 13.3. The summed E-state index contributed by atoms with van der Waals surface area (Å²) in [4.78, 5) is 13.3. The molecule has 0 aliphatic carbocycles. The van der Waals surface area contributed by atoms with E-state index >= 15 is 0 Å². The smallest absolute Gasteiger partial charge is 0.229 e. The second-order valence-electron chi connectivity index (χ2n) is 7.52. The largest absolute Gasteiger partial charge is 0.497 e. The van der Waals surface area contributed by atoms with E-state index in [9.17, 15) is 25.2 Å². The van der Waals surface area contributed by atoms with Crippen molar-refractivity contribution in [3.05, 3.63) is 52.9 Å². The fourth-order valence-electron chi connectivity index (χ4n) is 3.67. The van der Waals surface area contributed by atoms with Crippen LogP contribution in [-0.2, 0) is 4.74 Å². The van der Waals surface area contributed by atoms with E-state index in [4.69, 9.17) is 23.4 Å². The predicted octanol–water partition coefficient (Wildman–Crippen LogP) is 0.656. The van der Waals surface area contributed by atoms with Crippen molar-refractivity contribution in [3.8, 4) is 28.4 Å². The zero-order chi connectivity index (χ0) is 23.7. The molecule has 0 radical (unpaired) electrons. The molecule has 1 saturated heterocycles. The van der Waals surface area contributed by atoms with Gasteiger partial charge in [0.25, 0.3) is 0 Å². The molecule has 3 aromatic rings. The van der Waals surface area contributed by atoms with Gasteiger partial charge in [0, 0.05) is 6.07 Å². The second kappa shape index (κ2) is 9.38. The number of hydrogen-bond acceptors (Lipinski definition) is 10. The topological polar surface area (TPSA) is 148 Å². The molecule has 0 amide bonds. The Balaban J connectivity index is 1.73. The lowest BCUT2D eigenvalue weighted by molar-refractivity contribution is -0.277. The van der Waals surface area contributed by atoms with Gasteiger partial charge in [-0.05, 0) is 23.8 Å². The lowest BCUT2D eigenvalue weighted by Gasteiger charge is -2.39. The molecule has 2 aromatic carbocycles. The van der Waals surface area contributed by atoms with Gasteiger partial charge in [0.1, 0.15) is 42.2 Å². The van der Waals surface area contributed by atoms with Crippen LogP contribution in [0.4, 0.5) is 0 Å². The van der Waals surface area contributed by atoms with Crippen LogP contribution in [0, 0.1) is 0 Å².